The molecule has 0 saturated carbocycles. The molecule has 0 N–H and O–H groups in total. The quantitative estimate of drug-likeness (QED) is 0.731. The van der Waals surface area contributed by atoms with E-state index in [2.05, 4.69) is 11.6 Å². The predicted molar refractivity (Wildman–Crippen MR) is 114 cm³/mol. The van der Waals surface area contributed by atoms with Crippen molar-refractivity contribution in [2.45, 2.75) is 44.6 Å². The fourth-order valence-corrected chi connectivity index (χ4v) is 4.50. The van der Waals surface area contributed by atoms with E-state index in [1.807, 2.05) is 47.5 Å². The van der Waals surface area contributed by atoms with E-state index in [1.54, 1.807) is 4.90 Å². The fraction of sp³-hybridized carbons (Fsp3) is 0.375. The van der Waals surface area contributed by atoms with E-state index in [4.69, 9.17) is 0 Å². The van der Waals surface area contributed by atoms with Gasteiger partial charge in [0.15, 0.2) is 0 Å². The lowest BCUT2D eigenvalue weighted by Crippen LogP contribution is -2.37. The number of rotatable bonds is 5. The van der Waals surface area contributed by atoms with Crippen LogP contribution in [0.1, 0.15) is 47.3 Å². The summed E-state index contributed by atoms with van der Waals surface area (Å²) < 4.78 is 0. The lowest BCUT2D eigenvalue weighted by atomic mass is 9.98. The Hall–Kier alpha value is -2.95. The molecule has 3 heterocycles. The SMILES string of the molecule is C=CC(=O)N1CCCc2cc(C(=O)N3CCC[C@H]3CCc3ccccn3)ccc21. The topological polar surface area (TPSA) is 53.5 Å². The van der Waals surface area contributed by atoms with E-state index in [-0.39, 0.29) is 17.9 Å². The summed E-state index contributed by atoms with van der Waals surface area (Å²) >= 11 is 0. The Morgan fingerprint density at radius 2 is 2.07 bits per heavy atom. The molecule has 2 aliphatic rings. The molecule has 0 unspecified atom stereocenters. The number of anilines is 1. The summed E-state index contributed by atoms with van der Waals surface area (Å²) in [6.45, 7) is 5.11. The molecule has 4 rings (SSSR count). The lowest BCUT2D eigenvalue weighted by molar-refractivity contribution is -0.114. The first-order chi connectivity index (χ1) is 14.2. The van der Waals surface area contributed by atoms with Gasteiger partial charge in [0.05, 0.1) is 0 Å². The van der Waals surface area contributed by atoms with Gasteiger partial charge in [0, 0.05) is 42.3 Å². The molecule has 0 radical (unpaired) electrons. The Labute approximate surface area is 172 Å². The summed E-state index contributed by atoms with van der Waals surface area (Å²) in [6, 6.07) is 12.0. The maximum Gasteiger partial charge on any atom is 0.254 e. The normalized spacial score (nSPS) is 18.4. The average molecular weight is 389 g/mol. The van der Waals surface area contributed by atoms with E-state index < -0.39 is 0 Å². The van der Waals surface area contributed by atoms with Crippen molar-refractivity contribution in [3.63, 3.8) is 0 Å². The van der Waals surface area contributed by atoms with Crippen molar-refractivity contribution in [1.82, 2.24) is 9.88 Å². The molecule has 5 heteroatoms. The molecule has 1 fully saturated rings. The van der Waals surface area contributed by atoms with Crippen LogP contribution < -0.4 is 4.90 Å². The number of amides is 2. The minimum Gasteiger partial charge on any atom is -0.336 e. The molecular formula is C24H27N3O2. The summed E-state index contributed by atoms with van der Waals surface area (Å²) in [5, 5.41) is 0. The fourth-order valence-electron chi connectivity index (χ4n) is 4.50. The molecule has 1 aromatic carbocycles. The van der Waals surface area contributed by atoms with Gasteiger partial charge in [-0.2, -0.15) is 0 Å². The maximum atomic E-state index is 13.2. The monoisotopic (exact) mass is 389 g/mol. The number of hydrogen-bond donors (Lipinski definition) is 0. The molecule has 1 saturated heterocycles. The number of carbonyl (C=O) groups excluding carboxylic acids is 2. The van der Waals surface area contributed by atoms with Crippen LogP contribution in [0.3, 0.4) is 0 Å². The van der Waals surface area contributed by atoms with Crippen molar-refractivity contribution >= 4 is 17.5 Å². The largest absolute Gasteiger partial charge is 0.336 e. The molecule has 1 aromatic heterocycles. The summed E-state index contributed by atoms with van der Waals surface area (Å²) in [7, 11) is 0. The number of nitrogens with zero attached hydrogens (tertiary/aromatic N) is 3. The van der Waals surface area contributed by atoms with Crippen LogP contribution in [-0.2, 0) is 17.6 Å². The molecular weight excluding hydrogens is 362 g/mol. The second-order valence-corrected chi connectivity index (χ2v) is 7.80. The third-order valence-corrected chi connectivity index (χ3v) is 5.98. The third-order valence-electron chi connectivity index (χ3n) is 5.98. The van der Waals surface area contributed by atoms with Crippen molar-refractivity contribution in [1.29, 1.82) is 0 Å². The van der Waals surface area contributed by atoms with Crippen LogP contribution in [0.2, 0.25) is 0 Å². The molecule has 2 aromatic rings. The lowest BCUT2D eigenvalue weighted by Gasteiger charge is -2.30. The maximum absolute atomic E-state index is 13.2. The van der Waals surface area contributed by atoms with E-state index in [0.717, 1.165) is 67.6 Å². The Balaban J connectivity index is 1.48. The second kappa shape index (κ2) is 8.60. The first-order valence-corrected chi connectivity index (χ1v) is 10.4. The van der Waals surface area contributed by atoms with Gasteiger partial charge in [-0.1, -0.05) is 12.6 Å². The van der Waals surface area contributed by atoms with E-state index in [0.29, 0.717) is 6.54 Å². The number of benzene rings is 1. The van der Waals surface area contributed by atoms with Gasteiger partial charge in [-0.15, -0.1) is 0 Å². The summed E-state index contributed by atoms with van der Waals surface area (Å²) in [6.07, 6.45) is 8.88. The summed E-state index contributed by atoms with van der Waals surface area (Å²) in [5.74, 6) is 0.0163. The molecule has 1 atom stereocenters. The molecule has 2 aliphatic heterocycles. The van der Waals surface area contributed by atoms with Crippen molar-refractivity contribution in [3.05, 3.63) is 72.1 Å². The number of pyridine rings is 1. The standard InChI is InChI=1S/C24H27N3O2/c1-2-23(28)27-16-5-7-18-17-19(10-13-22(18)27)24(29)26-15-6-9-21(26)12-11-20-8-3-4-14-25-20/h2-4,8,10,13-14,17,21H,1,5-7,9,11-12,15-16H2/t21-/m0/s1. The Morgan fingerprint density at radius 3 is 2.86 bits per heavy atom. The minimum atomic E-state index is -0.0841. The van der Waals surface area contributed by atoms with Crippen molar-refractivity contribution in [2.24, 2.45) is 0 Å². The van der Waals surface area contributed by atoms with Gasteiger partial charge in [0.1, 0.15) is 0 Å². The smallest absolute Gasteiger partial charge is 0.254 e. The first kappa shape index (κ1) is 19.4. The van der Waals surface area contributed by atoms with Crippen LogP contribution in [0.15, 0.2) is 55.3 Å². The van der Waals surface area contributed by atoms with Crippen LogP contribution in [0.25, 0.3) is 0 Å². The van der Waals surface area contributed by atoms with Crippen LogP contribution in [0.5, 0.6) is 0 Å². The van der Waals surface area contributed by atoms with Gasteiger partial charge in [-0.25, -0.2) is 0 Å². The second-order valence-electron chi connectivity index (χ2n) is 7.80. The third kappa shape index (κ3) is 4.09. The van der Waals surface area contributed by atoms with Gasteiger partial charge >= 0.3 is 0 Å². The zero-order valence-corrected chi connectivity index (χ0v) is 16.7. The molecule has 150 valence electrons. The number of likely N-dealkylation sites (tertiary alicyclic amines) is 1. The van der Waals surface area contributed by atoms with Gasteiger partial charge in [0.25, 0.3) is 5.91 Å². The van der Waals surface area contributed by atoms with E-state index >= 15 is 0 Å². The number of hydrogen-bond acceptors (Lipinski definition) is 3. The summed E-state index contributed by atoms with van der Waals surface area (Å²) in [4.78, 5) is 33.5. The molecule has 2 amide bonds. The van der Waals surface area contributed by atoms with Gasteiger partial charge in [-0.3, -0.25) is 14.6 Å². The molecule has 29 heavy (non-hydrogen) atoms. The number of aryl methyl sites for hydroxylation is 2. The van der Waals surface area contributed by atoms with Crippen LogP contribution >= 0.6 is 0 Å². The van der Waals surface area contributed by atoms with E-state index in [1.165, 1.54) is 6.08 Å². The molecule has 0 bridgehead atoms. The number of aromatic nitrogens is 1. The van der Waals surface area contributed by atoms with Crippen molar-refractivity contribution in [3.8, 4) is 0 Å². The highest BCUT2D eigenvalue weighted by Crippen LogP contribution is 2.30. The summed E-state index contributed by atoms with van der Waals surface area (Å²) in [5.41, 5.74) is 3.78. The van der Waals surface area contributed by atoms with Crippen LogP contribution in [0.4, 0.5) is 5.69 Å². The average Bonchev–Trinajstić information content (AvgIpc) is 3.25. The van der Waals surface area contributed by atoms with Crippen molar-refractivity contribution in [2.75, 3.05) is 18.0 Å². The first-order valence-electron chi connectivity index (χ1n) is 10.4. The highest BCUT2D eigenvalue weighted by atomic mass is 16.2. The predicted octanol–water partition coefficient (Wildman–Crippen LogP) is 3.78. The van der Waals surface area contributed by atoms with Gasteiger partial charge < -0.3 is 9.80 Å². The van der Waals surface area contributed by atoms with Gasteiger partial charge in [-0.05, 0) is 80.5 Å². The Bertz CT molecular complexity index is 910. The number of carbonyl (C=O) groups is 2. The molecule has 5 nitrogen and oxygen atoms in total. The Kier molecular flexibility index (Phi) is 5.74. The highest BCUT2D eigenvalue weighted by Gasteiger charge is 2.30. The highest BCUT2D eigenvalue weighted by molar-refractivity contribution is 6.02. The Morgan fingerprint density at radius 1 is 1.17 bits per heavy atom. The van der Waals surface area contributed by atoms with E-state index in [9.17, 15) is 9.59 Å². The van der Waals surface area contributed by atoms with Crippen LogP contribution in [-0.4, -0.2) is 40.8 Å². The van der Waals surface area contributed by atoms with Crippen molar-refractivity contribution < 1.29 is 9.59 Å². The van der Waals surface area contributed by atoms with Gasteiger partial charge in [0.2, 0.25) is 5.91 Å². The van der Waals surface area contributed by atoms with Crippen LogP contribution in [0, 0.1) is 0 Å². The zero-order valence-electron chi connectivity index (χ0n) is 16.7. The minimum absolute atomic E-state index is 0.0841. The molecule has 0 aliphatic carbocycles. The molecule has 0 spiro atoms. The number of fused-ring (bicyclic) bond motifs is 1. The zero-order chi connectivity index (χ0) is 20.2.